The molecule has 1 N–H and O–H groups in total. The van der Waals surface area contributed by atoms with Gasteiger partial charge in [-0.05, 0) is 43.0 Å². The summed E-state index contributed by atoms with van der Waals surface area (Å²) in [6.45, 7) is 2.84. The number of anilines is 1. The fourth-order valence-electron chi connectivity index (χ4n) is 3.60. The molecule has 1 fully saturated rings. The predicted molar refractivity (Wildman–Crippen MR) is 104 cm³/mol. The summed E-state index contributed by atoms with van der Waals surface area (Å²) < 4.78 is 57.2. The summed E-state index contributed by atoms with van der Waals surface area (Å²) in [5, 5.41) is 3.01. The minimum atomic E-state index is -4.45. The first kappa shape index (κ1) is 21.9. The lowest BCUT2D eigenvalue weighted by atomic mass is 9.93. The van der Waals surface area contributed by atoms with Gasteiger partial charge in [0.15, 0.2) is 11.6 Å². The van der Waals surface area contributed by atoms with Crippen LogP contribution in [0.15, 0.2) is 36.5 Å². The third kappa shape index (κ3) is 4.83. The highest BCUT2D eigenvalue weighted by molar-refractivity contribution is 5.97. The van der Waals surface area contributed by atoms with Gasteiger partial charge in [-0.3, -0.25) is 4.79 Å². The van der Waals surface area contributed by atoms with Crippen molar-refractivity contribution >= 4 is 11.7 Å². The molecule has 0 unspecified atom stereocenters. The molecule has 1 aliphatic rings. The Bertz CT molecular complexity index is 887. The van der Waals surface area contributed by atoms with E-state index in [1.165, 1.54) is 31.4 Å². The molecule has 0 bridgehead atoms. The Morgan fingerprint density at radius 2 is 2.03 bits per heavy atom. The number of alkyl halides is 3. The van der Waals surface area contributed by atoms with Gasteiger partial charge < -0.3 is 15.0 Å². The number of rotatable bonds is 5. The second-order valence-corrected chi connectivity index (χ2v) is 7.43. The standard InChI is InChI=1S/C21H23F4N3O2/c1-13-6-8-15(11-27-18-9-7-14(10-26-18)21(23,24)25)28(12-13)20(29)16-4-3-5-17(22)19(16)30-2/h3-5,7,9-10,13,15H,6,8,11-12H2,1-2H3,(H,26,27)/t13-,15-/m0/s1. The summed E-state index contributed by atoms with van der Waals surface area (Å²) in [4.78, 5) is 18.6. The number of methoxy groups -OCH3 is 1. The molecule has 1 amide bonds. The Hall–Kier alpha value is -2.84. The summed E-state index contributed by atoms with van der Waals surface area (Å²) in [5.74, 6) is -0.495. The number of amides is 1. The number of para-hydroxylation sites is 1. The number of pyridine rings is 1. The van der Waals surface area contributed by atoms with Crippen LogP contribution in [0.1, 0.15) is 35.7 Å². The molecule has 1 saturated heterocycles. The number of nitrogens with one attached hydrogen (secondary N) is 1. The number of carbonyl (C=O) groups excluding carboxylic acids is 1. The number of piperidine rings is 1. The van der Waals surface area contributed by atoms with E-state index >= 15 is 0 Å². The number of benzene rings is 1. The summed E-state index contributed by atoms with van der Waals surface area (Å²) in [6, 6.07) is 6.20. The molecule has 2 aromatic rings. The number of nitrogens with zero attached hydrogens (tertiary/aromatic N) is 2. The van der Waals surface area contributed by atoms with Crippen LogP contribution in [0.5, 0.6) is 5.75 Å². The van der Waals surface area contributed by atoms with Crippen molar-refractivity contribution in [2.45, 2.75) is 32.0 Å². The number of hydrogen-bond donors (Lipinski definition) is 1. The third-order valence-corrected chi connectivity index (χ3v) is 5.21. The average Bonchev–Trinajstić information content (AvgIpc) is 2.71. The van der Waals surface area contributed by atoms with E-state index in [1.54, 1.807) is 4.90 Å². The number of aromatic nitrogens is 1. The number of halogens is 4. The van der Waals surface area contributed by atoms with Crippen LogP contribution < -0.4 is 10.1 Å². The molecule has 0 radical (unpaired) electrons. The molecule has 1 aromatic heterocycles. The monoisotopic (exact) mass is 425 g/mol. The van der Waals surface area contributed by atoms with Crippen molar-refractivity contribution in [1.82, 2.24) is 9.88 Å². The van der Waals surface area contributed by atoms with Gasteiger partial charge in [-0.25, -0.2) is 9.37 Å². The summed E-state index contributed by atoms with van der Waals surface area (Å²) in [6.07, 6.45) is -2.07. The maximum absolute atomic E-state index is 14.0. The summed E-state index contributed by atoms with van der Waals surface area (Å²) in [5.41, 5.74) is -0.682. The van der Waals surface area contributed by atoms with E-state index in [2.05, 4.69) is 10.3 Å². The van der Waals surface area contributed by atoms with Crippen molar-refractivity contribution in [3.05, 3.63) is 53.5 Å². The zero-order valence-corrected chi connectivity index (χ0v) is 16.7. The molecule has 0 spiro atoms. The largest absolute Gasteiger partial charge is 0.493 e. The fourth-order valence-corrected chi connectivity index (χ4v) is 3.60. The molecule has 1 aliphatic heterocycles. The van der Waals surface area contributed by atoms with Gasteiger partial charge in [0.2, 0.25) is 0 Å². The minimum Gasteiger partial charge on any atom is -0.493 e. The molecule has 9 heteroatoms. The Balaban J connectivity index is 1.75. The zero-order chi connectivity index (χ0) is 21.9. The lowest BCUT2D eigenvalue weighted by molar-refractivity contribution is -0.137. The second-order valence-electron chi connectivity index (χ2n) is 7.43. The molecule has 2 atom stereocenters. The predicted octanol–water partition coefficient (Wildman–Crippen LogP) is 4.60. The van der Waals surface area contributed by atoms with Gasteiger partial charge in [0.25, 0.3) is 5.91 Å². The SMILES string of the molecule is COc1c(F)cccc1C(=O)N1C[C@@H](C)CC[C@H]1CNc1ccc(C(F)(F)F)cn1. The lowest BCUT2D eigenvalue weighted by Gasteiger charge is -2.39. The minimum absolute atomic E-state index is 0.100. The van der Waals surface area contributed by atoms with Crippen LogP contribution in [0.4, 0.5) is 23.4 Å². The number of carbonyl (C=O) groups is 1. The van der Waals surface area contributed by atoms with Gasteiger partial charge in [-0.15, -0.1) is 0 Å². The van der Waals surface area contributed by atoms with Gasteiger partial charge in [-0.1, -0.05) is 13.0 Å². The zero-order valence-electron chi connectivity index (χ0n) is 16.7. The van der Waals surface area contributed by atoms with Crippen LogP contribution in [0.2, 0.25) is 0 Å². The van der Waals surface area contributed by atoms with E-state index in [1.807, 2.05) is 6.92 Å². The molecule has 5 nitrogen and oxygen atoms in total. The molecule has 1 aromatic carbocycles. The first-order valence-electron chi connectivity index (χ1n) is 9.61. The maximum Gasteiger partial charge on any atom is 0.417 e. The summed E-state index contributed by atoms with van der Waals surface area (Å²) in [7, 11) is 1.31. The van der Waals surface area contributed by atoms with Crippen molar-refractivity contribution in [3.8, 4) is 5.75 Å². The Kier molecular flexibility index (Phi) is 6.48. The Morgan fingerprint density at radius 3 is 2.67 bits per heavy atom. The van der Waals surface area contributed by atoms with E-state index in [4.69, 9.17) is 4.74 Å². The van der Waals surface area contributed by atoms with Crippen LogP contribution in [0.25, 0.3) is 0 Å². The fraction of sp³-hybridized carbons (Fsp3) is 0.429. The molecule has 0 aliphatic carbocycles. The number of likely N-dealkylation sites (tertiary alicyclic amines) is 1. The average molecular weight is 425 g/mol. The normalized spacial score (nSPS) is 19.5. The molecule has 162 valence electrons. The van der Waals surface area contributed by atoms with Gasteiger partial charge in [-0.2, -0.15) is 13.2 Å². The second kappa shape index (κ2) is 8.89. The Morgan fingerprint density at radius 1 is 1.27 bits per heavy atom. The van der Waals surface area contributed by atoms with Crippen molar-refractivity contribution in [2.75, 3.05) is 25.5 Å². The van der Waals surface area contributed by atoms with Crippen molar-refractivity contribution < 1.29 is 27.1 Å². The number of ether oxygens (including phenoxy) is 1. The van der Waals surface area contributed by atoms with Crippen molar-refractivity contribution in [3.63, 3.8) is 0 Å². The smallest absolute Gasteiger partial charge is 0.417 e. The highest BCUT2D eigenvalue weighted by Crippen LogP contribution is 2.30. The van der Waals surface area contributed by atoms with Crippen LogP contribution in [0.3, 0.4) is 0 Å². The van der Waals surface area contributed by atoms with E-state index < -0.39 is 17.6 Å². The van der Waals surface area contributed by atoms with Gasteiger partial charge >= 0.3 is 6.18 Å². The molecular weight excluding hydrogens is 402 g/mol. The van der Waals surface area contributed by atoms with E-state index in [0.29, 0.717) is 19.5 Å². The van der Waals surface area contributed by atoms with E-state index in [9.17, 15) is 22.4 Å². The quantitative estimate of drug-likeness (QED) is 0.712. The van der Waals surface area contributed by atoms with Gasteiger partial charge in [0, 0.05) is 25.3 Å². The highest BCUT2D eigenvalue weighted by atomic mass is 19.4. The van der Waals surface area contributed by atoms with Crippen molar-refractivity contribution in [1.29, 1.82) is 0 Å². The molecule has 0 saturated carbocycles. The Labute approximate surface area is 172 Å². The first-order chi connectivity index (χ1) is 14.2. The molecular formula is C21H23F4N3O2. The van der Waals surface area contributed by atoms with Crippen molar-refractivity contribution in [2.24, 2.45) is 5.92 Å². The van der Waals surface area contributed by atoms with Gasteiger partial charge in [0.05, 0.1) is 18.2 Å². The molecule has 2 heterocycles. The van der Waals surface area contributed by atoms with Crippen LogP contribution in [-0.4, -0.2) is 42.0 Å². The highest BCUT2D eigenvalue weighted by Gasteiger charge is 2.33. The third-order valence-electron chi connectivity index (χ3n) is 5.21. The first-order valence-corrected chi connectivity index (χ1v) is 9.61. The van der Waals surface area contributed by atoms with E-state index in [0.717, 1.165) is 18.7 Å². The van der Waals surface area contributed by atoms with E-state index in [-0.39, 0.29) is 35.0 Å². The van der Waals surface area contributed by atoms with Crippen LogP contribution >= 0.6 is 0 Å². The summed E-state index contributed by atoms with van der Waals surface area (Å²) >= 11 is 0. The maximum atomic E-state index is 14.0. The number of hydrogen-bond acceptors (Lipinski definition) is 4. The van der Waals surface area contributed by atoms with Crippen LogP contribution in [-0.2, 0) is 6.18 Å². The topological polar surface area (TPSA) is 54.5 Å². The van der Waals surface area contributed by atoms with Gasteiger partial charge in [0.1, 0.15) is 5.82 Å². The molecule has 3 rings (SSSR count). The molecule has 30 heavy (non-hydrogen) atoms. The van der Waals surface area contributed by atoms with Crippen LogP contribution in [0, 0.1) is 11.7 Å². The lowest BCUT2D eigenvalue weighted by Crippen LogP contribution is -2.49.